The monoisotopic (exact) mass is 357 g/mol. The van der Waals surface area contributed by atoms with Crippen LogP contribution in [0.5, 0.6) is 17.2 Å². The quantitative estimate of drug-likeness (QED) is 0.726. The maximum Gasteiger partial charge on any atom is 0.224 e. The number of rotatable bonds is 9. The lowest BCUT2D eigenvalue weighted by Crippen LogP contribution is -2.12. The first-order chi connectivity index (χ1) is 12.5. The summed E-state index contributed by atoms with van der Waals surface area (Å²) in [6.07, 6.45) is 1.02. The van der Waals surface area contributed by atoms with Gasteiger partial charge < -0.3 is 19.5 Å². The average molecular weight is 357 g/mol. The van der Waals surface area contributed by atoms with E-state index in [4.69, 9.17) is 14.2 Å². The van der Waals surface area contributed by atoms with Crippen molar-refractivity contribution in [2.24, 2.45) is 5.92 Å². The van der Waals surface area contributed by atoms with Gasteiger partial charge in [-0.2, -0.15) is 0 Å². The molecule has 0 aromatic heterocycles. The van der Waals surface area contributed by atoms with Gasteiger partial charge in [0.1, 0.15) is 5.75 Å². The summed E-state index contributed by atoms with van der Waals surface area (Å²) in [5.41, 5.74) is 1.79. The van der Waals surface area contributed by atoms with Crippen molar-refractivity contribution in [1.82, 2.24) is 0 Å². The SMILES string of the molecule is COc1ccc(CCC(=O)Nc2ccc(OCC(C)C)cc2)cc1OC. The van der Waals surface area contributed by atoms with Gasteiger partial charge in [-0.05, 0) is 54.3 Å². The van der Waals surface area contributed by atoms with Crippen LogP contribution < -0.4 is 19.5 Å². The minimum atomic E-state index is -0.0318. The van der Waals surface area contributed by atoms with E-state index in [-0.39, 0.29) is 5.91 Å². The lowest BCUT2D eigenvalue weighted by molar-refractivity contribution is -0.116. The zero-order valence-electron chi connectivity index (χ0n) is 15.9. The van der Waals surface area contributed by atoms with Crippen LogP contribution in [0.4, 0.5) is 5.69 Å². The van der Waals surface area contributed by atoms with E-state index >= 15 is 0 Å². The van der Waals surface area contributed by atoms with Crippen molar-refractivity contribution in [2.45, 2.75) is 26.7 Å². The molecule has 1 amide bonds. The van der Waals surface area contributed by atoms with Crippen molar-refractivity contribution in [3.05, 3.63) is 48.0 Å². The van der Waals surface area contributed by atoms with Crippen molar-refractivity contribution >= 4 is 11.6 Å². The van der Waals surface area contributed by atoms with E-state index in [1.54, 1.807) is 14.2 Å². The van der Waals surface area contributed by atoms with E-state index in [0.29, 0.717) is 36.9 Å². The Morgan fingerprint density at radius 1 is 1.00 bits per heavy atom. The molecule has 5 nitrogen and oxygen atoms in total. The van der Waals surface area contributed by atoms with Crippen LogP contribution in [0.2, 0.25) is 0 Å². The summed E-state index contributed by atoms with van der Waals surface area (Å²) in [5.74, 6) is 2.60. The van der Waals surface area contributed by atoms with Crippen molar-refractivity contribution in [3.63, 3.8) is 0 Å². The Kier molecular flexibility index (Phi) is 7.33. The number of carbonyl (C=O) groups is 1. The van der Waals surface area contributed by atoms with E-state index in [9.17, 15) is 4.79 Å². The van der Waals surface area contributed by atoms with Gasteiger partial charge in [0.25, 0.3) is 0 Å². The third-order valence-electron chi connectivity index (χ3n) is 3.81. The molecule has 0 aliphatic rings. The van der Waals surface area contributed by atoms with Gasteiger partial charge in [0.05, 0.1) is 20.8 Å². The molecule has 140 valence electrons. The predicted molar refractivity (Wildman–Crippen MR) is 103 cm³/mol. The Morgan fingerprint density at radius 2 is 1.69 bits per heavy atom. The van der Waals surface area contributed by atoms with Gasteiger partial charge in [0.2, 0.25) is 5.91 Å². The van der Waals surface area contributed by atoms with Crippen molar-refractivity contribution in [1.29, 1.82) is 0 Å². The van der Waals surface area contributed by atoms with Gasteiger partial charge in [-0.15, -0.1) is 0 Å². The smallest absolute Gasteiger partial charge is 0.224 e. The highest BCUT2D eigenvalue weighted by molar-refractivity contribution is 5.90. The summed E-state index contributed by atoms with van der Waals surface area (Å²) in [6, 6.07) is 13.1. The third kappa shape index (κ3) is 5.99. The van der Waals surface area contributed by atoms with Crippen LogP contribution >= 0.6 is 0 Å². The molecule has 0 bridgehead atoms. The number of hydrogen-bond donors (Lipinski definition) is 1. The Balaban J connectivity index is 1.85. The normalized spacial score (nSPS) is 10.5. The Morgan fingerprint density at radius 3 is 2.31 bits per heavy atom. The molecule has 2 aromatic rings. The highest BCUT2D eigenvalue weighted by atomic mass is 16.5. The molecule has 5 heteroatoms. The summed E-state index contributed by atoms with van der Waals surface area (Å²) in [7, 11) is 3.20. The topological polar surface area (TPSA) is 56.8 Å². The number of nitrogens with one attached hydrogen (secondary N) is 1. The maximum absolute atomic E-state index is 12.2. The van der Waals surface area contributed by atoms with Crippen LogP contribution in [0.3, 0.4) is 0 Å². The highest BCUT2D eigenvalue weighted by Gasteiger charge is 2.07. The van der Waals surface area contributed by atoms with Crippen molar-refractivity contribution in [3.8, 4) is 17.2 Å². The van der Waals surface area contributed by atoms with Crippen LogP contribution in [0.1, 0.15) is 25.8 Å². The maximum atomic E-state index is 12.2. The Bertz CT molecular complexity index is 710. The molecule has 0 aliphatic carbocycles. The van der Waals surface area contributed by atoms with Gasteiger partial charge in [-0.1, -0.05) is 19.9 Å². The van der Waals surface area contributed by atoms with Crippen molar-refractivity contribution < 1.29 is 19.0 Å². The van der Waals surface area contributed by atoms with Crippen LogP contribution in [-0.2, 0) is 11.2 Å². The number of amides is 1. The molecular formula is C21H27NO4. The number of ether oxygens (including phenoxy) is 3. The molecule has 0 atom stereocenters. The number of aryl methyl sites for hydroxylation is 1. The third-order valence-corrected chi connectivity index (χ3v) is 3.81. The highest BCUT2D eigenvalue weighted by Crippen LogP contribution is 2.28. The zero-order chi connectivity index (χ0) is 18.9. The van der Waals surface area contributed by atoms with Gasteiger partial charge in [0.15, 0.2) is 11.5 Å². The first-order valence-corrected chi connectivity index (χ1v) is 8.75. The molecule has 0 saturated carbocycles. The Labute approximate surface area is 155 Å². The first kappa shape index (κ1) is 19.6. The van der Waals surface area contributed by atoms with Crippen LogP contribution in [0.15, 0.2) is 42.5 Å². The molecule has 1 N–H and O–H groups in total. The molecule has 26 heavy (non-hydrogen) atoms. The van der Waals surface area contributed by atoms with Gasteiger partial charge >= 0.3 is 0 Å². The summed E-state index contributed by atoms with van der Waals surface area (Å²) in [6.45, 7) is 4.89. The van der Waals surface area contributed by atoms with Crippen LogP contribution in [0, 0.1) is 5.92 Å². The zero-order valence-corrected chi connectivity index (χ0v) is 15.9. The van der Waals surface area contributed by atoms with E-state index in [1.165, 1.54) is 0 Å². The minimum absolute atomic E-state index is 0.0318. The second-order valence-electron chi connectivity index (χ2n) is 6.47. The predicted octanol–water partition coefficient (Wildman–Crippen LogP) is 4.31. The van der Waals surface area contributed by atoms with Crippen LogP contribution in [-0.4, -0.2) is 26.7 Å². The summed E-state index contributed by atoms with van der Waals surface area (Å²) < 4.78 is 16.1. The molecule has 0 spiro atoms. The van der Waals surface area contributed by atoms with Gasteiger partial charge in [-0.25, -0.2) is 0 Å². The van der Waals surface area contributed by atoms with E-state index in [1.807, 2.05) is 42.5 Å². The lowest BCUT2D eigenvalue weighted by atomic mass is 10.1. The van der Waals surface area contributed by atoms with Gasteiger partial charge in [0, 0.05) is 12.1 Å². The molecule has 0 radical (unpaired) electrons. The molecule has 0 aliphatic heterocycles. The number of methoxy groups -OCH3 is 2. The fourth-order valence-corrected chi connectivity index (χ4v) is 2.41. The molecule has 0 saturated heterocycles. The number of hydrogen-bond acceptors (Lipinski definition) is 4. The molecule has 0 unspecified atom stereocenters. The molecular weight excluding hydrogens is 330 g/mol. The molecule has 0 heterocycles. The van der Waals surface area contributed by atoms with E-state index in [0.717, 1.165) is 17.0 Å². The van der Waals surface area contributed by atoms with Gasteiger partial charge in [-0.3, -0.25) is 4.79 Å². The summed E-state index contributed by atoms with van der Waals surface area (Å²) in [4.78, 5) is 12.2. The second kappa shape index (κ2) is 9.70. The van der Waals surface area contributed by atoms with Crippen LogP contribution in [0.25, 0.3) is 0 Å². The van der Waals surface area contributed by atoms with E-state index < -0.39 is 0 Å². The lowest BCUT2D eigenvalue weighted by Gasteiger charge is -2.11. The van der Waals surface area contributed by atoms with E-state index in [2.05, 4.69) is 19.2 Å². The standard InChI is InChI=1S/C21H27NO4/c1-15(2)14-26-18-9-7-17(8-10-18)22-21(23)12-6-16-5-11-19(24-3)20(13-16)25-4/h5,7-11,13,15H,6,12,14H2,1-4H3,(H,22,23). The fraction of sp³-hybridized carbons (Fsp3) is 0.381. The second-order valence-corrected chi connectivity index (χ2v) is 6.47. The largest absolute Gasteiger partial charge is 0.493 e. The average Bonchev–Trinajstić information content (AvgIpc) is 2.65. The fourth-order valence-electron chi connectivity index (χ4n) is 2.41. The molecule has 2 rings (SSSR count). The Hall–Kier alpha value is -2.69. The molecule has 0 fully saturated rings. The summed E-state index contributed by atoms with van der Waals surface area (Å²) >= 11 is 0. The molecule has 2 aromatic carbocycles. The number of anilines is 1. The number of carbonyl (C=O) groups excluding carboxylic acids is 1. The minimum Gasteiger partial charge on any atom is -0.493 e. The first-order valence-electron chi connectivity index (χ1n) is 8.75. The summed E-state index contributed by atoms with van der Waals surface area (Å²) in [5, 5.41) is 2.90. The number of benzene rings is 2. The van der Waals surface area contributed by atoms with Crippen molar-refractivity contribution in [2.75, 3.05) is 26.1 Å².